The molecule has 5 nitrogen and oxygen atoms in total. The number of nitrogens with zero attached hydrogens (tertiary/aromatic N) is 1. The third kappa shape index (κ3) is 3.03. The maximum absolute atomic E-state index is 12.3. The fraction of sp³-hybridized carbons (Fsp3) is 0.0909. The lowest BCUT2D eigenvalue weighted by Gasteiger charge is -2.11. The molecule has 2 rings (SSSR count). The minimum absolute atomic E-state index is 0.0570. The van der Waals surface area contributed by atoms with E-state index in [9.17, 15) is 18.0 Å². The molecule has 0 aliphatic rings. The lowest BCUT2D eigenvalue weighted by atomic mass is 10.1. The fourth-order valence-corrected chi connectivity index (χ4v) is 1.54. The number of benzene rings is 1. The quantitative estimate of drug-likeness (QED) is 0.842. The Morgan fingerprint density at radius 2 is 2.16 bits per heavy atom. The van der Waals surface area contributed by atoms with E-state index in [-0.39, 0.29) is 11.1 Å². The van der Waals surface area contributed by atoms with Gasteiger partial charge >= 0.3 is 12.3 Å². The average Bonchev–Trinajstić information content (AvgIpc) is 2.73. The first kappa shape index (κ1) is 12.9. The lowest BCUT2D eigenvalue weighted by Crippen LogP contribution is -2.17. The predicted octanol–water partition coefficient (Wildman–Crippen LogP) is 2.56. The van der Waals surface area contributed by atoms with Crippen molar-refractivity contribution < 1.29 is 27.8 Å². The van der Waals surface area contributed by atoms with Crippen LogP contribution in [0.4, 0.5) is 13.2 Å². The molecule has 0 spiro atoms. The van der Waals surface area contributed by atoms with E-state index in [4.69, 9.17) is 5.11 Å². The molecule has 0 amide bonds. The van der Waals surface area contributed by atoms with Gasteiger partial charge in [0.15, 0.2) is 0 Å². The van der Waals surface area contributed by atoms with Crippen LogP contribution < -0.4 is 4.74 Å². The van der Waals surface area contributed by atoms with E-state index in [1.165, 1.54) is 12.4 Å². The molecule has 0 aliphatic heterocycles. The van der Waals surface area contributed by atoms with E-state index >= 15 is 0 Å². The van der Waals surface area contributed by atoms with Gasteiger partial charge in [-0.1, -0.05) is 0 Å². The van der Waals surface area contributed by atoms with E-state index in [1.54, 1.807) is 0 Å². The van der Waals surface area contributed by atoms with Crippen LogP contribution in [0.25, 0.3) is 17.1 Å². The molecule has 100 valence electrons. The first-order valence-corrected chi connectivity index (χ1v) is 4.99. The highest BCUT2D eigenvalue weighted by Crippen LogP contribution is 2.31. The minimum atomic E-state index is -4.87. The molecule has 0 fully saturated rings. The minimum Gasteiger partial charge on any atom is -0.478 e. The summed E-state index contributed by atoms with van der Waals surface area (Å²) in [6.45, 7) is 0. The van der Waals surface area contributed by atoms with Crippen LogP contribution in [0.15, 0.2) is 24.5 Å². The zero-order chi connectivity index (χ0) is 14.0. The molecule has 0 aliphatic carbocycles. The van der Waals surface area contributed by atoms with Crippen LogP contribution in [0.2, 0.25) is 0 Å². The number of carboxylic acid groups (broad SMARTS) is 1. The van der Waals surface area contributed by atoms with Crippen molar-refractivity contribution in [2.45, 2.75) is 6.36 Å². The zero-order valence-corrected chi connectivity index (χ0v) is 9.23. The van der Waals surface area contributed by atoms with Gasteiger partial charge in [-0.25, -0.2) is 9.78 Å². The second kappa shape index (κ2) is 4.63. The summed E-state index contributed by atoms with van der Waals surface area (Å²) in [6, 6.07) is 2.46. The summed E-state index contributed by atoms with van der Waals surface area (Å²) in [5.74, 6) is -1.80. The number of carboxylic acids is 1. The Morgan fingerprint density at radius 1 is 1.42 bits per heavy atom. The molecule has 1 aromatic carbocycles. The topological polar surface area (TPSA) is 75.2 Å². The van der Waals surface area contributed by atoms with Gasteiger partial charge < -0.3 is 14.8 Å². The third-order valence-electron chi connectivity index (χ3n) is 2.21. The molecule has 1 aromatic heterocycles. The number of alkyl halides is 3. The Labute approximate surface area is 104 Å². The number of imidazole rings is 1. The van der Waals surface area contributed by atoms with Gasteiger partial charge in [-0.2, -0.15) is 0 Å². The Balaban J connectivity index is 2.55. The molecule has 0 atom stereocenters. The van der Waals surface area contributed by atoms with Crippen molar-refractivity contribution in [2.75, 3.05) is 0 Å². The Morgan fingerprint density at radius 3 is 2.79 bits per heavy atom. The SMILES string of the molecule is O=C(O)C=Cc1c(OC(F)(F)F)ccc2[nH]cnc12. The van der Waals surface area contributed by atoms with Crippen molar-refractivity contribution in [1.82, 2.24) is 9.97 Å². The maximum Gasteiger partial charge on any atom is 0.573 e. The van der Waals surface area contributed by atoms with Crippen molar-refractivity contribution in [3.63, 3.8) is 0 Å². The number of nitrogens with one attached hydrogen (secondary N) is 1. The Kier molecular flexibility index (Phi) is 3.16. The molecule has 0 saturated heterocycles. The third-order valence-corrected chi connectivity index (χ3v) is 2.21. The summed E-state index contributed by atoms with van der Waals surface area (Å²) < 4.78 is 40.6. The number of H-pyrrole nitrogens is 1. The van der Waals surface area contributed by atoms with E-state index in [1.807, 2.05) is 0 Å². The summed E-state index contributed by atoms with van der Waals surface area (Å²) in [5.41, 5.74) is 0.609. The summed E-state index contributed by atoms with van der Waals surface area (Å²) in [5, 5.41) is 8.54. The summed E-state index contributed by atoms with van der Waals surface area (Å²) >= 11 is 0. The number of rotatable bonds is 3. The zero-order valence-electron chi connectivity index (χ0n) is 9.23. The highest BCUT2D eigenvalue weighted by atomic mass is 19.4. The molecule has 0 unspecified atom stereocenters. The van der Waals surface area contributed by atoms with Gasteiger partial charge in [0.1, 0.15) is 5.75 Å². The van der Waals surface area contributed by atoms with Gasteiger partial charge in [0, 0.05) is 11.6 Å². The second-order valence-electron chi connectivity index (χ2n) is 3.50. The largest absolute Gasteiger partial charge is 0.573 e. The number of aromatic nitrogens is 2. The van der Waals surface area contributed by atoms with Crippen LogP contribution in [0.1, 0.15) is 5.56 Å². The highest BCUT2D eigenvalue weighted by molar-refractivity contribution is 5.93. The average molecular weight is 272 g/mol. The van der Waals surface area contributed by atoms with Gasteiger partial charge in [0.25, 0.3) is 0 Å². The fourth-order valence-electron chi connectivity index (χ4n) is 1.54. The van der Waals surface area contributed by atoms with E-state index in [0.29, 0.717) is 11.6 Å². The monoisotopic (exact) mass is 272 g/mol. The summed E-state index contributed by atoms with van der Waals surface area (Å²) in [4.78, 5) is 17.0. The predicted molar refractivity (Wildman–Crippen MR) is 59.4 cm³/mol. The normalized spacial score (nSPS) is 12.2. The number of ether oxygens (including phenoxy) is 1. The lowest BCUT2D eigenvalue weighted by molar-refractivity contribution is -0.274. The van der Waals surface area contributed by atoms with Gasteiger partial charge in [-0.3, -0.25) is 0 Å². The van der Waals surface area contributed by atoms with E-state index < -0.39 is 18.1 Å². The molecule has 8 heteroatoms. The van der Waals surface area contributed by atoms with Crippen LogP contribution in [0.5, 0.6) is 5.75 Å². The molecule has 0 bridgehead atoms. The van der Waals surface area contributed by atoms with Gasteiger partial charge in [-0.15, -0.1) is 13.2 Å². The number of hydrogen-bond donors (Lipinski definition) is 2. The number of hydrogen-bond acceptors (Lipinski definition) is 3. The standard InChI is InChI=1S/C11H7F3N2O3/c12-11(13,14)19-8-3-2-7-10(16-5-15-7)6(8)1-4-9(17)18/h1-5H,(H,15,16)(H,17,18). The van der Waals surface area contributed by atoms with Crippen LogP contribution in [-0.4, -0.2) is 27.4 Å². The molecular weight excluding hydrogens is 265 g/mol. The Hall–Kier alpha value is -2.51. The van der Waals surface area contributed by atoms with Crippen molar-refractivity contribution in [3.8, 4) is 5.75 Å². The van der Waals surface area contributed by atoms with Crippen molar-refractivity contribution in [1.29, 1.82) is 0 Å². The molecule has 1 heterocycles. The van der Waals surface area contributed by atoms with Crippen LogP contribution >= 0.6 is 0 Å². The smallest absolute Gasteiger partial charge is 0.478 e. The molecule has 2 N–H and O–H groups in total. The van der Waals surface area contributed by atoms with Crippen molar-refractivity contribution >= 4 is 23.1 Å². The molecule has 0 saturated carbocycles. The highest BCUT2D eigenvalue weighted by Gasteiger charge is 2.32. The first-order chi connectivity index (χ1) is 8.87. The van der Waals surface area contributed by atoms with E-state index in [2.05, 4.69) is 14.7 Å². The second-order valence-corrected chi connectivity index (χ2v) is 3.50. The van der Waals surface area contributed by atoms with Crippen LogP contribution in [0.3, 0.4) is 0 Å². The summed E-state index contributed by atoms with van der Waals surface area (Å²) in [6.07, 6.45) is -1.85. The number of aromatic amines is 1. The van der Waals surface area contributed by atoms with Crippen LogP contribution in [0, 0.1) is 0 Å². The first-order valence-electron chi connectivity index (χ1n) is 4.99. The number of fused-ring (bicyclic) bond motifs is 1. The summed E-state index contributed by atoms with van der Waals surface area (Å²) in [7, 11) is 0. The number of aliphatic carboxylic acids is 1. The Bertz CT molecular complexity index is 646. The van der Waals surface area contributed by atoms with Gasteiger partial charge in [0.2, 0.25) is 0 Å². The maximum atomic E-state index is 12.3. The molecule has 19 heavy (non-hydrogen) atoms. The molecule has 2 aromatic rings. The van der Waals surface area contributed by atoms with Crippen molar-refractivity contribution in [2.24, 2.45) is 0 Å². The number of carbonyl (C=O) groups is 1. The van der Waals surface area contributed by atoms with Gasteiger partial charge in [0.05, 0.1) is 17.4 Å². The van der Waals surface area contributed by atoms with Crippen molar-refractivity contribution in [3.05, 3.63) is 30.1 Å². The molecule has 0 radical (unpaired) electrons. The van der Waals surface area contributed by atoms with E-state index in [0.717, 1.165) is 12.1 Å². The molecular formula is C11H7F3N2O3. The van der Waals surface area contributed by atoms with Crippen LogP contribution in [-0.2, 0) is 4.79 Å². The number of halogens is 3. The van der Waals surface area contributed by atoms with Gasteiger partial charge in [-0.05, 0) is 18.2 Å².